The van der Waals surface area contributed by atoms with Gasteiger partial charge in [0.05, 0.1) is 9.41 Å². The van der Waals surface area contributed by atoms with Gasteiger partial charge in [-0.25, -0.2) is 0 Å². The third-order valence-electron chi connectivity index (χ3n) is 3.20. The van der Waals surface area contributed by atoms with Crippen LogP contribution in [0.1, 0.15) is 5.56 Å². The summed E-state index contributed by atoms with van der Waals surface area (Å²) in [6.07, 6.45) is 1.68. The minimum absolute atomic E-state index is 0.226. The van der Waals surface area contributed by atoms with Crippen LogP contribution in [0.15, 0.2) is 40.5 Å². The van der Waals surface area contributed by atoms with Gasteiger partial charge in [-0.15, -0.1) is 16.4 Å². The highest BCUT2D eigenvalue weighted by atomic mass is 35.5. The molecule has 0 fully saturated rings. The smallest absolute Gasteiger partial charge is 0.266 e. The highest BCUT2D eigenvalue weighted by Gasteiger charge is 2.13. The fraction of sp³-hybridized carbons (Fsp3) is 0. The van der Waals surface area contributed by atoms with E-state index in [1.54, 1.807) is 24.3 Å². The van der Waals surface area contributed by atoms with Crippen LogP contribution < -0.4 is 10.1 Å². The van der Waals surface area contributed by atoms with Crippen molar-refractivity contribution < 1.29 is 0 Å². The Morgan fingerprint density at radius 1 is 1.13 bits per heavy atom. The molecular formula is C15H7Cl2N3OS2. The van der Waals surface area contributed by atoms with Crippen molar-refractivity contribution in [2.75, 3.05) is 0 Å². The first kappa shape index (κ1) is 14.8. The molecule has 0 saturated carbocycles. The van der Waals surface area contributed by atoms with Crippen LogP contribution in [0.4, 0.5) is 0 Å². The lowest BCUT2D eigenvalue weighted by Crippen LogP contribution is -2.23. The number of rotatable bonds is 2. The van der Waals surface area contributed by atoms with Crippen LogP contribution in [0.5, 0.6) is 0 Å². The Balaban J connectivity index is 1.90. The fourth-order valence-corrected chi connectivity index (χ4v) is 4.17. The average molecular weight is 380 g/mol. The molecule has 0 spiro atoms. The van der Waals surface area contributed by atoms with Gasteiger partial charge >= 0.3 is 0 Å². The molecule has 0 aliphatic carbocycles. The predicted molar refractivity (Wildman–Crippen MR) is 95.7 cm³/mol. The van der Waals surface area contributed by atoms with Crippen molar-refractivity contribution in [3.63, 3.8) is 0 Å². The molecule has 0 bridgehead atoms. The summed E-state index contributed by atoms with van der Waals surface area (Å²) in [6.45, 7) is 0. The summed E-state index contributed by atoms with van der Waals surface area (Å²) in [5.41, 5.74) is 0.396. The number of hydrogen-bond acceptors (Lipinski definition) is 5. The second-order valence-electron chi connectivity index (χ2n) is 4.66. The van der Waals surface area contributed by atoms with Crippen molar-refractivity contribution in [2.24, 2.45) is 0 Å². The molecule has 4 rings (SSSR count). The first-order valence-electron chi connectivity index (χ1n) is 6.52. The van der Waals surface area contributed by atoms with Crippen molar-refractivity contribution >= 4 is 56.9 Å². The second kappa shape index (κ2) is 5.72. The molecule has 114 valence electrons. The van der Waals surface area contributed by atoms with E-state index in [1.807, 2.05) is 17.5 Å². The van der Waals surface area contributed by atoms with Gasteiger partial charge in [0.2, 0.25) is 4.96 Å². The quantitative estimate of drug-likeness (QED) is 0.532. The van der Waals surface area contributed by atoms with Gasteiger partial charge in [-0.05, 0) is 29.7 Å². The Kier molecular flexibility index (Phi) is 3.69. The normalized spacial score (nSPS) is 12.3. The summed E-state index contributed by atoms with van der Waals surface area (Å²) in [5.74, 6) is 0.561. The number of benzene rings is 1. The highest BCUT2D eigenvalue weighted by Crippen LogP contribution is 2.25. The summed E-state index contributed by atoms with van der Waals surface area (Å²) in [5, 5.41) is 7.23. The van der Waals surface area contributed by atoms with E-state index in [1.165, 1.54) is 27.2 Å². The zero-order valence-corrected chi connectivity index (χ0v) is 14.5. The maximum absolute atomic E-state index is 12.5. The lowest BCUT2D eigenvalue weighted by atomic mass is 10.2. The molecule has 0 aliphatic heterocycles. The first-order chi connectivity index (χ1) is 11.1. The summed E-state index contributed by atoms with van der Waals surface area (Å²) in [7, 11) is 0. The molecule has 0 unspecified atom stereocenters. The molecule has 0 atom stereocenters. The molecule has 0 radical (unpaired) electrons. The SMILES string of the molecule is O=c1/c(=C/c2c(Cl)cccc2Cl)sc2nc(-c3cccs3)nn12. The zero-order chi connectivity index (χ0) is 16.0. The number of aromatic nitrogens is 3. The van der Waals surface area contributed by atoms with Gasteiger partial charge in [0, 0.05) is 15.6 Å². The van der Waals surface area contributed by atoms with Gasteiger partial charge in [-0.3, -0.25) is 4.79 Å². The van der Waals surface area contributed by atoms with Crippen molar-refractivity contribution in [3.05, 3.63) is 66.2 Å². The fourth-order valence-electron chi connectivity index (χ4n) is 2.12. The number of fused-ring (bicyclic) bond motifs is 1. The van der Waals surface area contributed by atoms with E-state index in [0.717, 1.165) is 4.88 Å². The first-order valence-corrected chi connectivity index (χ1v) is 8.98. The monoisotopic (exact) mass is 379 g/mol. The maximum atomic E-state index is 12.5. The third-order valence-corrected chi connectivity index (χ3v) is 5.68. The van der Waals surface area contributed by atoms with E-state index in [4.69, 9.17) is 23.2 Å². The Hall–Kier alpha value is -1.73. The van der Waals surface area contributed by atoms with Gasteiger partial charge in [0.1, 0.15) is 0 Å². The average Bonchev–Trinajstić information content (AvgIpc) is 3.22. The van der Waals surface area contributed by atoms with Crippen LogP contribution in [0, 0.1) is 0 Å². The molecule has 1 aromatic carbocycles. The van der Waals surface area contributed by atoms with E-state index in [9.17, 15) is 4.79 Å². The van der Waals surface area contributed by atoms with Crippen LogP contribution in [-0.4, -0.2) is 14.6 Å². The molecule has 23 heavy (non-hydrogen) atoms. The minimum atomic E-state index is -0.226. The molecule has 0 saturated heterocycles. The largest absolute Gasteiger partial charge is 0.291 e. The number of nitrogens with zero attached hydrogens (tertiary/aromatic N) is 3. The molecule has 3 heterocycles. The van der Waals surface area contributed by atoms with E-state index in [2.05, 4.69) is 10.1 Å². The molecule has 0 amide bonds. The molecule has 0 N–H and O–H groups in total. The molecule has 0 aliphatic rings. The number of thiophene rings is 1. The van der Waals surface area contributed by atoms with E-state index < -0.39 is 0 Å². The zero-order valence-electron chi connectivity index (χ0n) is 11.4. The summed E-state index contributed by atoms with van der Waals surface area (Å²) < 4.78 is 1.81. The second-order valence-corrected chi connectivity index (χ2v) is 7.43. The Morgan fingerprint density at radius 3 is 2.57 bits per heavy atom. The Morgan fingerprint density at radius 2 is 1.91 bits per heavy atom. The van der Waals surface area contributed by atoms with Crippen LogP contribution in [0.2, 0.25) is 10.0 Å². The number of thiazole rings is 1. The van der Waals surface area contributed by atoms with Crippen molar-refractivity contribution in [1.82, 2.24) is 14.6 Å². The molecule has 8 heteroatoms. The highest BCUT2D eigenvalue weighted by molar-refractivity contribution is 7.15. The predicted octanol–water partition coefficient (Wildman–Crippen LogP) is 3.73. The summed E-state index contributed by atoms with van der Waals surface area (Å²) >= 11 is 15.1. The lowest BCUT2D eigenvalue weighted by molar-refractivity contribution is 0.938. The number of halogens is 2. The topological polar surface area (TPSA) is 47.3 Å². The molecule has 4 aromatic rings. The number of hydrogen-bond donors (Lipinski definition) is 0. The van der Waals surface area contributed by atoms with E-state index in [0.29, 0.717) is 30.9 Å². The lowest BCUT2D eigenvalue weighted by Gasteiger charge is -1.99. The van der Waals surface area contributed by atoms with Crippen molar-refractivity contribution in [3.8, 4) is 10.7 Å². The third kappa shape index (κ3) is 2.57. The molecule has 3 aromatic heterocycles. The van der Waals surface area contributed by atoms with E-state index >= 15 is 0 Å². The van der Waals surface area contributed by atoms with Crippen molar-refractivity contribution in [1.29, 1.82) is 0 Å². The summed E-state index contributed by atoms with van der Waals surface area (Å²) in [4.78, 5) is 18.4. The standard InChI is InChI=1S/C15H7Cl2N3OS2/c16-9-3-1-4-10(17)8(9)7-12-14(21)20-15(23-12)18-13(19-20)11-5-2-6-22-11/h1-7H/b12-7-. The van der Waals surface area contributed by atoms with Gasteiger partial charge in [-0.2, -0.15) is 9.50 Å². The molecular weight excluding hydrogens is 373 g/mol. The summed E-state index contributed by atoms with van der Waals surface area (Å²) in [6, 6.07) is 9.07. The van der Waals surface area contributed by atoms with Crippen molar-refractivity contribution in [2.45, 2.75) is 0 Å². The van der Waals surface area contributed by atoms with Gasteiger partial charge in [-0.1, -0.05) is 46.7 Å². The van der Waals surface area contributed by atoms with Crippen LogP contribution in [-0.2, 0) is 0 Å². The Labute approximate surface area is 148 Å². The van der Waals surface area contributed by atoms with Gasteiger partial charge in [0.25, 0.3) is 5.56 Å². The maximum Gasteiger partial charge on any atom is 0.291 e. The van der Waals surface area contributed by atoms with Crippen LogP contribution >= 0.6 is 45.9 Å². The van der Waals surface area contributed by atoms with Crippen LogP contribution in [0.25, 0.3) is 21.7 Å². The minimum Gasteiger partial charge on any atom is -0.266 e. The van der Waals surface area contributed by atoms with Gasteiger partial charge in [0.15, 0.2) is 5.82 Å². The molecule has 4 nitrogen and oxygen atoms in total. The Bertz CT molecular complexity index is 1100. The van der Waals surface area contributed by atoms with Crippen LogP contribution in [0.3, 0.4) is 0 Å². The van der Waals surface area contributed by atoms with E-state index in [-0.39, 0.29) is 5.56 Å². The van der Waals surface area contributed by atoms with Gasteiger partial charge < -0.3 is 0 Å².